The molecule has 1 aromatic heterocycles. The van der Waals surface area contributed by atoms with E-state index in [9.17, 15) is 14.7 Å². The van der Waals surface area contributed by atoms with Crippen LogP contribution >= 0.6 is 0 Å². The van der Waals surface area contributed by atoms with E-state index in [1.807, 2.05) is 6.92 Å². The van der Waals surface area contributed by atoms with E-state index in [-0.39, 0.29) is 12.6 Å². The molecule has 2 heterocycles. The number of carboxylic acids is 1. The number of aromatic amines is 1. The minimum Gasteiger partial charge on any atom is -0.481 e. The van der Waals surface area contributed by atoms with Crippen molar-refractivity contribution in [3.05, 3.63) is 11.4 Å². The van der Waals surface area contributed by atoms with E-state index in [0.29, 0.717) is 30.8 Å². The van der Waals surface area contributed by atoms with Gasteiger partial charge in [-0.3, -0.25) is 9.89 Å². The minimum atomic E-state index is -0.865. The number of urea groups is 1. The molecule has 0 bridgehead atoms. The van der Waals surface area contributed by atoms with Crippen molar-refractivity contribution < 1.29 is 14.7 Å². The summed E-state index contributed by atoms with van der Waals surface area (Å²) in [6, 6.07) is -0.273. The zero-order chi connectivity index (χ0) is 14.9. The molecular weight excluding hydrogens is 260 g/mol. The first-order chi connectivity index (χ1) is 9.33. The number of anilines is 1. The van der Waals surface area contributed by atoms with Gasteiger partial charge in [-0.15, -0.1) is 0 Å². The van der Waals surface area contributed by atoms with E-state index in [4.69, 9.17) is 0 Å². The van der Waals surface area contributed by atoms with Crippen LogP contribution in [0.25, 0.3) is 0 Å². The second kappa shape index (κ2) is 5.15. The van der Waals surface area contributed by atoms with Crippen LogP contribution < -0.4 is 5.32 Å². The fraction of sp³-hybridized carbons (Fsp3) is 0.615. The summed E-state index contributed by atoms with van der Waals surface area (Å²) in [5.74, 6) is -0.856. The number of aromatic nitrogens is 2. The number of carbonyl (C=O) groups is 2. The first-order valence-electron chi connectivity index (χ1n) is 6.64. The van der Waals surface area contributed by atoms with E-state index < -0.39 is 11.4 Å². The zero-order valence-electron chi connectivity index (χ0n) is 12.0. The van der Waals surface area contributed by atoms with Crippen LogP contribution in [0.1, 0.15) is 31.2 Å². The molecule has 0 radical (unpaired) electrons. The van der Waals surface area contributed by atoms with Gasteiger partial charge < -0.3 is 15.3 Å². The van der Waals surface area contributed by atoms with E-state index in [1.54, 1.807) is 18.7 Å². The Labute approximate surface area is 117 Å². The Morgan fingerprint density at radius 1 is 1.45 bits per heavy atom. The van der Waals surface area contributed by atoms with Crippen LogP contribution in [0.15, 0.2) is 0 Å². The second-order valence-electron chi connectivity index (χ2n) is 5.63. The molecule has 1 unspecified atom stereocenters. The molecule has 3 N–H and O–H groups in total. The van der Waals surface area contributed by atoms with Crippen molar-refractivity contribution in [3.8, 4) is 0 Å². The normalized spacial score (nSPS) is 22.6. The quantitative estimate of drug-likeness (QED) is 0.768. The molecule has 0 saturated carbocycles. The first-order valence-corrected chi connectivity index (χ1v) is 6.64. The largest absolute Gasteiger partial charge is 0.481 e. The molecule has 7 heteroatoms. The predicted octanol–water partition coefficient (Wildman–Crippen LogP) is 1.75. The molecular formula is C13H20N4O3. The van der Waals surface area contributed by atoms with Crippen molar-refractivity contribution in [2.45, 2.75) is 33.6 Å². The average molecular weight is 280 g/mol. The van der Waals surface area contributed by atoms with Gasteiger partial charge in [-0.2, -0.15) is 5.10 Å². The Kier molecular flexibility index (Phi) is 3.69. The summed E-state index contributed by atoms with van der Waals surface area (Å²) in [7, 11) is 0. The molecule has 1 aromatic rings. The van der Waals surface area contributed by atoms with Crippen molar-refractivity contribution in [2.75, 3.05) is 18.4 Å². The topological polar surface area (TPSA) is 98.3 Å². The lowest BCUT2D eigenvalue weighted by Crippen LogP contribution is -2.49. The maximum atomic E-state index is 12.3. The van der Waals surface area contributed by atoms with Gasteiger partial charge in [0.2, 0.25) is 0 Å². The molecule has 1 saturated heterocycles. The Balaban J connectivity index is 2.08. The molecule has 110 valence electrons. The number of H-pyrrole nitrogens is 1. The van der Waals surface area contributed by atoms with Gasteiger partial charge in [-0.05, 0) is 33.6 Å². The van der Waals surface area contributed by atoms with Gasteiger partial charge in [0, 0.05) is 13.1 Å². The third kappa shape index (κ3) is 2.61. The molecule has 2 rings (SSSR count). The number of amides is 2. The summed E-state index contributed by atoms with van der Waals surface area (Å²) in [5.41, 5.74) is 1.30. The number of nitrogens with zero attached hydrogens (tertiary/aromatic N) is 2. The molecule has 1 atom stereocenters. The highest BCUT2D eigenvalue weighted by atomic mass is 16.4. The molecule has 0 aliphatic carbocycles. The maximum absolute atomic E-state index is 12.3. The van der Waals surface area contributed by atoms with Gasteiger partial charge in [0.05, 0.1) is 22.5 Å². The van der Waals surface area contributed by atoms with Gasteiger partial charge in [-0.25, -0.2) is 4.79 Å². The highest BCUT2D eigenvalue weighted by molar-refractivity contribution is 5.91. The van der Waals surface area contributed by atoms with E-state index >= 15 is 0 Å². The van der Waals surface area contributed by atoms with Crippen molar-refractivity contribution in [2.24, 2.45) is 5.41 Å². The Bertz CT molecular complexity index is 520. The van der Waals surface area contributed by atoms with Crippen LogP contribution in [0.2, 0.25) is 0 Å². The van der Waals surface area contributed by atoms with E-state index in [2.05, 4.69) is 15.5 Å². The van der Waals surface area contributed by atoms with Crippen LogP contribution in [0.5, 0.6) is 0 Å². The van der Waals surface area contributed by atoms with Crippen molar-refractivity contribution in [3.63, 3.8) is 0 Å². The molecule has 1 aliphatic heterocycles. The summed E-state index contributed by atoms with van der Waals surface area (Å²) in [6.45, 7) is 6.11. The summed E-state index contributed by atoms with van der Waals surface area (Å²) >= 11 is 0. The maximum Gasteiger partial charge on any atom is 0.321 e. The van der Waals surface area contributed by atoms with Gasteiger partial charge in [-0.1, -0.05) is 0 Å². The average Bonchev–Trinajstić information content (AvgIpc) is 2.70. The summed E-state index contributed by atoms with van der Waals surface area (Å²) in [6.07, 6.45) is 1.29. The van der Waals surface area contributed by atoms with Crippen LogP contribution in [0.3, 0.4) is 0 Å². The lowest BCUT2D eigenvalue weighted by molar-refractivity contribution is -0.150. The second-order valence-corrected chi connectivity index (χ2v) is 5.63. The molecule has 1 aliphatic rings. The molecule has 0 aromatic carbocycles. The van der Waals surface area contributed by atoms with Gasteiger partial charge >= 0.3 is 12.0 Å². The van der Waals surface area contributed by atoms with Gasteiger partial charge in [0.1, 0.15) is 0 Å². The zero-order valence-corrected chi connectivity index (χ0v) is 12.0. The number of hydrogen-bond acceptors (Lipinski definition) is 3. The van der Waals surface area contributed by atoms with Crippen molar-refractivity contribution in [1.29, 1.82) is 0 Å². The highest BCUT2D eigenvalue weighted by Crippen LogP contribution is 2.30. The third-order valence-electron chi connectivity index (χ3n) is 3.86. The smallest absolute Gasteiger partial charge is 0.321 e. The third-order valence-corrected chi connectivity index (χ3v) is 3.86. The molecule has 20 heavy (non-hydrogen) atoms. The van der Waals surface area contributed by atoms with Crippen molar-refractivity contribution in [1.82, 2.24) is 15.1 Å². The summed E-state index contributed by atoms with van der Waals surface area (Å²) in [4.78, 5) is 25.1. The summed E-state index contributed by atoms with van der Waals surface area (Å²) in [5, 5.41) is 18.9. The van der Waals surface area contributed by atoms with Crippen LogP contribution in [-0.4, -0.2) is 45.3 Å². The van der Waals surface area contributed by atoms with Gasteiger partial charge in [0.15, 0.2) is 0 Å². The monoisotopic (exact) mass is 280 g/mol. The van der Waals surface area contributed by atoms with Gasteiger partial charge in [0.25, 0.3) is 0 Å². The lowest BCUT2D eigenvalue weighted by Gasteiger charge is -2.37. The van der Waals surface area contributed by atoms with Crippen LogP contribution in [-0.2, 0) is 4.79 Å². The molecule has 2 amide bonds. The number of rotatable bonds is 2. The SMILES string of the molecule is Cc1n[nH]c(C)c1NC(=O)N1CCCC(C)(C(=O)O)C1. The highest BCUT2D eigenvalue weighted by Gasteiger charge is 2.39. The molecule has 0 spiro atoms. The number of nitrogens with one attached hydrogen (secondary N) is 2. The van der Waals surface area contributed by atoms with E-state index in [1.165, 1.54) is 0 Å². The number of carboxylic acid groups (broad SMARTS) is 1. The minimum absolute atomic E-state index is 0.226. The number of piperidine rings is 1. The number of hydrogen-bond donors (Lipinski definition) is 3. The summed E-state index contributed by atoms with van der Waals surface area (Å²) < 4.78 is 0. The molecule has 7 nitrogen and oxygen atoms in total. The Hall–Kier alpha value is -2.05. The first kappa shape index (κ1) is 14.4. The van der Waals surface area contributed by atoms with E-state index in [0.717, 1.165) is 5.69 Å². The molecule has 1 fully saturated rings. The number of likely N-dealkylation sites (tertiary alicyclic amines) is 1. The standard InChI is InChI=1S/C13H20N4O3/c1-8-10(9(2)16-15-8)14-12(20)17-6-4-5-13(3,7-17)11(18)19/h4-7H2,1-3H3,(H,14,20)(H,15,16)(H,18,19). The Morgan fingerprint density at radius 2 is 2.15 bits per heavy atom. The number of aryl methyl sites for hydroxylation is 2. The number of aliphatic carboxylic acids is 1. The predicted molar refractivity (Wildman–Crippen MR) is 73.6 cm³/mol. The fourth-order valence-electron chi connectivity index (χ4n) is 2.51. The Morgan fingerprint density at radius 3 is 2.70 bits per heavy atom. The number of carbonyl (C=O) groups excluding carboxylic acids is 1. The van der Waals surface area contributed by atoms with Crippen LogP contribution in [0, 0.1) is 19.3 Å². The van der Waals surface area contributed by atoms with Crippen molar-refractivity contribution >= 4 is 17.7 Å². The fourth-order valence-corrected chi connectivity index (χ4v) is 2.51. The van der Waals surface area contributed by atoms with Crippen LogP contribution in [0.4, 0.5) is 10.5 Å². The lowest BCUT2D eigenvalue weighted by atomic mass is 9.82.